The number of carbonyl (C=O) groups excluding carboxylic acids is 1. The summed E-state index contributed by atoms with van der Waals surface area (Å²) in [5.74, 6) is -0.945. The smallest absolute Gasteiger partial charge is 0.406 e. The molecule has 7 heteroatoms. The minimum Gasteiger partial charge on any atom is -0.508 e. The van der Waals surface area contributed by atoms with Crippen LogP contribution in [0.15, 0.2) is 24.3 Å². The SMILES string of the molecule is O=C(Cc1ccccc1O)N(CCO)CC(F)(F)F. The second kappa shape index (κ2) is 6.42. The van der Waals surface area contributed by atoms with Gasteiger partial charge in [-0.05, 0) is 6.07 Å². The molecule has 0 aliphatic carbocycles. The third kappa shape index (κ3) is 5.17. The van der Waals surface area contributed by atoms with E-state index in [0.29, 0.717) is 4.90 Å². The molecule has 4 nitrogen and oxygen atoms in total. The molecular weight excluding hydrogens is 263 g/mol. The predicted molar refractivity (Wildman–Crippen MR) is 61.5 cm³/mol. The van der Waals surface area contributed by atoms with Crippen LogP contribution < -0.4 is 0 Å². The number of halogens is 3. The monoisotopic (exact) mass is 277 g/mol. The lowest BCUT2D eigenvalue weighted by molar-refractivity contribution is -0.161. The second-order valence-electron chi connectivity index (χ2n) is 3.96. The molecule has 0 bridgehead atoms. The number of carbonyl (C=O) groups is 1. The van der Waals surface area contributed by atoms with Crippen LogP contribution in [0.1, 0.15) is 5.56 Å². The number of hydrogen-bond acceptors (Lipinski definition) is 3. The second-order valence-corrected chi connectivity index (χ2v) is 3.96. The van der Waals surface area contributed by atoms with E-state index in [-0.39, 0.29) is 17.7 Å². The van der Waals surface area contributed by atoms with Gasteiger partial charge in [0.15, 0.2) is 0 Å². The summed E-state index contributed by atoms with van der Waals surface area (Å²) < 4.78 is 36.8. The average Bonchev–Trinajstić information content (AvgIpc) is 2.30. The minimum absolute atomic E-state index is 0.146. The van der Waals surface area contributed by atoms with Crippen LogP contribution in [0, 0.1) is 0 Å². The first kappa shape index (κ1) is 15.3. The molecule has 0 unspecified atom stereocenters. The summed E-state index contributed by atoms with van der Waals surface area (Å²) in [5, 5.41) is 18.2. The maximum absolute atomic E-state index is 12.3. The number of hydrogen-bond donors (Lipinski definition) is 2. The lowest BCUT2D eigenvalue weighted by Crippen LogP contribution is -2.41. The Labute approximate surface area is 108 Å². The van der Waals surface area contributed by atoms with Gasteiger partial charge in [0.1, 0.15) is 12.3 Å². The standard InChI is InChI=1S/C12H14F3NO3/c13-12(14,15)8-16(5-6-17)11(19)7-9-3-1-2-4-10(9)18/h1-4,17-18H,5-8H2. The van der Waals surface area contributed by atoms with Crippen molar-refractivity contribution in [1.29, 1.82) is 0 Å². The molecule has 1 rings (SSSR count). The maximum atomic E-state index is 12.3. The highest BCUT2D eigenvalue weighted by molar-refractivity contribution is 5.79. The number of aliphatic hydroxyl groups excluding tert-OH is 1. The fraction of sp³-hybridized carbons (Fsp3) is 0.417. The van der Waals surface area contributed by atoms with E-state index in [1.807, 2.05) is 0 Å². The summed E-state index contributed by atoms with van der Waals surface area (Å²) in [6.07, 6.45) is -4.87. The molecule has 0 radical (unpaired) electrons. The Kier molecular flexibility index (Phi) is 5.17. The Morgan fingerprint density at radius 2 is 1.89 bits per heavy atom. The Bertz CT molecular complexity index is 434. The Morgan fingerprint density at radius 3 is 2.42 bits per heavy atom. The zero-order valence-corrected chi connectivity index (χ0v) is 10.0. The molecule has 0 heterocycles. The first-order valence-electron chi connectivity index (χ1n) is 5.55. The van der Waals surface area contributed by atoms with Gasteiger partial charge in [-0.25, -0.2) is 0 Å². The molecule has 0 saturated carbocycles. The molecule has 1 aromatic rings. The summed E-state index contributed by atoms with van der Waals surface area (Å²) in [7, 11) is 0. The van der Waals surface area contributed by atoms with Gasteiger partial charge < -0.3 is 15.1 Å². The number of amides is 1. The fourth-order valence-electron chi connectivity index (χ4n) is 1.56. The van der Waals surface area contributed by atoms with Gasteiger partial charge in [-0.1, -0.05) is 18.2 Å². The van der Waals surface area contributed by atoms with Crippen LogP contribution in [0.25, 0.3) is 0 Å². The van der Waals surface area contributed by atoms with E-state index < -0.39 is 31.8 Å². The van der Waals surface area contributed by atoms with E-state index in [9.17, 15) is 23.1 Å². The van der Waals surface area contributed by atoms with Gasteiger partial charge in [0.25, 0.3) is 0 Å². The number of alkyl halides is 3. The number of phenols is 1. The fourth-order valence-corrected chi connectivity index (χ4v) is 1.56. The lowest BCUT2D eigenvalue weighted by Gasteiger charge is -2.23. The van der Waals surface area contributed by atoms with Gasteiger partial charge in [0.2, 0.25) is 5.91 Å². The van der Waals surface area contributed by atoms with Crippen LogP contribution in [0.2, 0.25) is 0 Å². The summed E-state index contributed by atoms with van der Waals surface area (Å²) in [6, 6.07) is 5.92. The first-order chi connectivity index (χ1) is 8.83. The van der Waals surface area contributed by atoms with Crippen LogP contribution in [-0.2, 0) is 11.2 Å². The van der Waals surface area contributed by atoms with Crippen LogP contribution in [0.5, 0.6) is 5.75 Å². The molecule has 0 aliphatic rings. The lowest BCUT2D eigenvalue weighted by atomic mass is 10.1. The molecule has 19 heavy (non-hydrogen) atoms. The number of phenolic OH excluding ortho intramolecular Hbond substituents is 1. The van der Waals surface area contributed by atoms with E-state index in [0.717, 1.165) is 0 Å². The van der Waals surface area contributed by atoms with E-state index >= 15 is 0 Å². The zero-order valence-electron chi connectivity index (χ0n) is 10.0. The van der Waals surface area contributed by atoms with Gasteiger partial charge in [0.05, 0.1) is 13.0 Å². The number of aliphatic hydroxyl groups is 1. The molecule has 0 atom stereocenters. The van der Waals surface area contributed by atoms with Crippen molar-refractivity contribution in [2.24, 2.45) is 0 Å². The number of para-hydroxylation sites is 1. The normalized spacial score (nSPS) is 11.4. The third-order valence-corrected chi connectivity index (χ3v) is 2.43. The maximum Gasteiger partial charge on any atom is 0.406 e. The molecule has 1 aromatic carbocycles. The molecule has 2 N–H and O–H groups in total. The van der Waals surface area contributed by atoms with Crippen molar-refractivity contribution in [3.05, 3.63) is 29.8 Å². The van der Waals surface area contributed by atoms with Crippen molar-refractivity contribution in [3.63, 3.8) is 0 Å². The molecule has 0 spiro atoms. The zero-order chi connectivity index (χ0) is 14.5. The Morgan fingerprint density at radius 1 is 1.26 bits per heavy atom. The van der Waals surface area contributed by atoms with Crippen LogP contribution in [-0.4, -0.2) is 46.9 Å². The molecule has 0 aliphatic heterocycles. The van der Waals surface area contributed by atoms with Crippen molar-refractivity contribution < 1.29 is 28.2 Å². The number of benzene rings is 1. The molecule has 0 fully saturated rings. The number of aromatic hydroxyl groups is 1. The predicted octanol–water partition coefficient (Wildman–Crippen LogP) is 1.32. The van der Waals surface area contributed by atoms with Gasteiger partial charge in [-0.3, -0.25) is 4.79 Å². The topological polar surface area (TPSA) is 60.8 Å². The molecule has 106 valence electrons. The quantitative estimate of drug-likeness (QED) is 0.853. The molecule has 1 amide bonds. The third-order valence-electron chi connectivity index (χ3n) is 2.43. The van der Waals surface area contributed by atoms with Crippen molar-refractivity contribution in [1.82, 2.24) is 4.90 Å². The molecular formula is C12H14F3NO3. The van der Waals surface area contributed by atoms with E-state index in [1.165, 1.54) is 12.1 Å². The van der Waals surface area contributed by atoms with Crippen LogP contribution in [0.4, 0.5) is 13.2 Å². The van der Waals surface area contributed by atoms with Crippen molar-refractivity contribution in [2.45, 2.75) is 12.6 Å². The van der Waals surface area contributed by atoms with Crippen LogP contribution in [0.3, 0.4) is 0 Å². The van der Waals surface area contributed by atoms with Gasteiger partial charge in [-0.2, -0.15) is 13.2 Å². The van der Waals surface area contributed by atoms with E-state index in [2.05, 4.69) is 0 Å². The highest BCUT2D eigenvalue weighted by Crippen LogP contribution is 2.20. The molecule has 0 saturated heterocycles. The summed E-state index contributed by atoms with van der Waals surface area (Å²) in [4.78, 5) is 12.3. The highest BCUT2D eigenvalue weighted by atomic mass is 19.4. The van der Waals surface area contributed by atoms with Crippen molar-refractivity contribution >= 4 is 5.91 Å². The minimum atomic E-state index is -4.52. The summed E-state index contributed by atoms with van der Waals surface area (Å²) in [5.41, 5.74) is 0.248. The van der Waals surface area contributed by atoms with E-state index in [4.69, 9.17) is 5.11 Å². The van der Waals surface area contributed by atoms with Gasteiger partial charge >= 0.3 is 6.18 Å². The number of nitrogens with zero attached hydrogens (tertiary/aromatic N) is 1. The number of rotatable bonds is 5. The van der Waals surface area contributed by atoms with Crippen molar-refractivity contribution in [3.8, 4) is 5.75 Å². The summed E-state index contributed by atoms with van der Waals surface area (Å²) in [6.45, 7) is -2.37. The Balaban J connectivity index is 2.75. The van der Waals surface area contributed by atoms with Gasteiger partial charge in [0, 0.05) is 12.1 Å². The summed E-state index contributed by atoms with van der Waals surface area (Å²) >= 11 is 0. The molecule has 0 aromatic heterocycles. The van der Waals surface area contributed by atoms with Crippen LogP contribution >= 0.6 is 0 Å². The highest BCUT2D eigenvalue weighted by Gasteiger charge is 2.32. The van der Waals surface area contributed by atoms with Gasteiger partial charge in [-0.15, -0.1) is 0 Å². The first-order valence-corrected chi connectivity index (χ1v) is 5.55. The van der Waals surface area contributed by atoms with Crippen molar-refractivity contribution in [2.75, 3.05) is 19.7 Å². The average molecular weight is 277 g/mol. The Hall–Kier alpha value is -1.76. The van der Waals surface area contributed by atoms with E-state index in [1.54, 1.807) is 12.1 Å². The largest absolute Gasteiger partial charge is 0.508 e.